The molecule has 1 rings (SSSR count). The Kier molecular flexibility index (Phi) is 7.17. The first-order chi connectivity index (χ1) is 9.17. The monoisotopic (exact) mass is 273 g/mol. The van der Waals surface area contributed by atoms with E-state index in [1.807, 2.05) is 0 Å². The Labute approximate surface area is 112 Å². The van der Waals surface area contributed by atoms with Crippen LogP contribution >= 0.6 is 0 Å². The number of aliphatic hydroxyl groups excluding tert-OH is 1. The summed E-state index contributed by atoms with van der Waals surface area (Å²) in [5.74, 6) is 0.156. The van der Waals surface area contributed by atoms with Crippen LogP contribution in [0.15, 0.2) is 18.2 Å². The van der Waals surface area contributed by atoms with Gasteiger partial charge in [-0.2, -0.15) is 0 Å². The summed E-state index contributed by atoms with van der Waals surface area (Å²) in [7, 11) is 3.09. The van der Waals surface area contributed by atoms with Gasteiger partial charge in [-0.05, 0) is 12.1 Å². The van der Waals surface area contributed by atoms with Crippen LogP contribution in [0, 0.1) is 5.82 Å². The Morgan fingerprint density at radius 2 is 2.11 bits per heavy atom. The molecule has 6 heteroatoms. The molecule has 0 heterocycles. The Hall–Kier alpha value is -1.37. The summed E-state index contributed by atoms with van der Waals surface area (Å²) in [4.78, 5) is 0. The second-order valence-electron chi connectivity index (χ2n) is 3.95. The largest absolute Gasteiger partial charge is 0.497 e. The van der Waals surface area contributed by atoms with Crippen LogP contribution in [0.3, 0.4) is 0 Å². The Bertz CT molecular complexity index is 376. The average Bonchev–Trinajstić information content (AvgIpc) is 2.43. The Morgan fingerprint density at radius 1 is 1.32 bits per heavy atom. The molecule has 0 bridgehead atoms. The normalized spacial score (nSPS) is 12.2. The quantitative estimate of drug-likeness (QED) is 0.664. The number of methoxy groups -OCH3 is 2. The lowest BCUT2D eigenvalue weighted by atomic mass is 10.2. The molecule has 5 nitrogen and oxygen atoms in total. The molecule has 2 N–H and O–H groups in total. The Balaban J connectivity index is 2.34. The van der Waals surface area contributed by atoms with E-state index < -0.39 is 11.9 Å². The number of hydrogen-bond acceptors (Lipinski definition) is 5. The molecule has 1 unspecified atom stereocenters. The number of anilines is 1. The fraction of sp³-hybridized carbons (Fsp3) is 0.538. The lowest BCUT2D eigenvalue weighted by Gasteiger charge is -2.14. The number of ether oxygens (including phenoxy) is 3. The van der Waals surface area contributed by atoms with E-state index in [1.165, 1.54) is 25.3 Å². The minimum absolute atomic E-state index is 0.169. The second kappa shape index (κ2) is 8.68. The highest BCUT2D eigenvalue weighted by Crippen LogP contribution is 2.20. The number of aliphatic hydroxyl groups is 1. The molecule has 0 spiro atoms. The number of nitrogens with one attached hydrogen (secondary N) is 1. The smallest absolute Gasteiger partial charge is 0.146 e. The first kappa shape index (κ1) is 15.7. The van der Waals surface area contributed by atoms with E-state index in [4.69, 9.17) is 14.2 Å². The maximum absolute atomic E-state index is 13.5. The topological polar surface area (TPSA) is 60.0 Å². The molecule has 0 amide bonds. The van der Waals surface area contributed by atoms with Crippen molar-refractivity contribution in [1.82, 2.24) is 0 Å². The van der Waals surface area contributed by atoms with Crippen molar-refractivity contribution in [2.45, 2.75) is 6.10 Å². The summed E-state index contributed by atoms with van der Waals surface area (Å²) < 4.78 is 28.4. The van der Waals surface area contributed by atoms with Crippen molar-refractivity contribution >= 4 is 5.69 Å². The molecule has 0 aliphatic rings. The highest BCUT2D eigenvalue weighted by molar-refractivity contribution is 5.49. The van der Waals surface area contributed by atoms with Crippen molar-refractivity contribution in [2.24, 2.45) is 0 Å². The van der Waals surface area contributed by atoms with Gasteiger partial charge in [0.05, 0.1) is 38.7 Å². The minimum atomic E-state index is -0.720. The van der Waals surface area contributed by atoms with Crippen molar-refractivity contribution in [1.29, 1.82) is 0 Å². The molecule has 0 fully saturated rings. The van der Waals surface area contributed by atoms with Gasteiger partial charge in [-0.25, -0.2) is 4.39 Å². The van der Waals surface area contributed by atoms with E-state index in [0.717, 1.165) is 0 Å². The summed E-state index contributed by atoms with van der Waals surface area (Å²) in [6, 6.07) is 4.38. The van der Waals surface area contributed by atoms with Gasteiger partial charge >= 0.3 is 0 Å². The zero-order valence-corrected chi connectivity index (χ0v) is 11.2. The van der Waals surface area contributed by atoms with Crippen LogP contribution in [0.25, 0.3) is 0 Å². The SMILES string of the molecule is COCCOCC(O)CNc1cc(OC)ccc1F. The van der Waals surface area contributed by atoms with E-state index in [9.17, 15) is 9.50 Å². The summed E-state index contributed by atoms with van der Waals surface area (Å²) in [6.45, 7) is 1.25. The van der Waals surface area contributed by atoms with Gasteiger partial charge in [0.25, 0.3) is 0 Å². The van der Waals surface area contributed by atoms with Crippen molar-refractivity contribution in [3.8, 4) is 5.75 Å². The van der Waals surface area contributed by atoms with Crippen molar-refractivity contribution in [3.05, 3.63) is 24.0 Å². The van der Waals surface area contributed by atoms with Crippen LogP contribution in [-0.2, 0) is 9.47 Å². The van der Waals surface area contributed by atoms with Gasteiger partial charge in [-0.15, -0.1) is 0 Å². The van der Waals surface area contributed by atoms with E-state index in [2.05, 4.69) is 5.32 Å². The van der Waals surface area contributed by atoms with Gasteiger partial charge in [-0.3, -0.25) is 0 Å². The van der Waals surface area contributed by atoms with Crippen LogP contribution in [0.5, 0.6) is 5.75 Å². The third kappa shape index (κ3) is 5.87. The summed E-state index contributed by atoms with van der Waals surface area (Å²) in [5, 5.41) is 12.5. The first-order valence-corrected chi connectivity index (χ1v) is 5.99. The molecule has 0 aromatic heterocycles. The van der Waals surface area contributed by atoms with E-state index in [0.29, 0.717) is 19.0 Å². The highest BCUT2D eigenvalue weighted by atomic mass is 19.1. The van der Waals surface area contributed by atoms with Crippen molar-refractivity contribution in [3.63, 3.8) is 0 Å². The molecule has 1 atom stereocenters. The number of benzene rings is 1. The average molecular weight is 273 g/mol. The fourth-order valence-corrected chi connectivity index (χ4v) is 1.42. The first-order valence-electron chi connectivity index (χ1n) is 5.99. The van der Waals surface area contributed by atoms with E-state index in [-0.39, 0.29) is 18.8 Å². The maximum atomic E-state index is 13.5. The number of rotatable bonds is 9. The number of hydrogen-bond donors (Lipinski definition) is 2. The zero-order valence-electron chi connectivity index (χ0n) is 11.2. The van der Waals surface area contributed by atoms with Crippen molar-refractivity contribution < 1.29 is 23.7 Å². The molecular formula is C13H20FNO4. The Morgan fingerprint density at radius 3 is 2.79 bits per heavy atom. The predicted molar refractivity (Wildman–Crippen MR) is 70.1 cm³/mol. The lowest BCUT2D eigenvalue weighted by Crippen LogP contribution is -2.25. The van der Waals surface area contributed by atoms with Gasteiger partial charge in [0, 0.05) is 19.7 Å². The fourth-order valence-electron chi connectivity index (χ4n) is 1.42. The van der Waals surface area contributed by atoms with Crippen LogP contribution in [0.2, 0.25) is 0 Å². The predicted octanol–water partition coefficient (Wildman–Crippen LogP) is 1.27. The van der Waals surface area contributed by atoms with E-state index >= 15 is 0 Å². The molecular weight excluding hydrogens is 253 g/mol. The van der Waals surface area contributed by atoms with E-state index in [1.54, 1.807) is 7.11 Å². The summed E-state index contributed by atoms with van der Waals surface area (Å²) in [6.07, 6.45) is -0.720. The van der Waals surface area contributed by atoms with Crippen LogP contribution < -0.4 is 10.1 Å². The van der Waals surface area contributed by atoms with Gasteiger partial charge in [0.1, 0.15) is 11.6 Å². The molecule has 0 saturated heterocycles. The molecule has 0 aliphatic heterocycles. The van der Waals surface area contributed by atoms with Gasteiger partial charge < -0.3 is 24.6 Å². The zero-order chi connectivity index (χ0) is 14.1. The van der Waals surface area contributed by atoms with Gasteiger partial charge in [0.2, 0.25) is 0 Å². The molecule has 0 aliphatic carbocycles. The summed E-state index contributed by atoms with van der Waals surface area (Å²) >= 11 is 0. The molecule has 0 saturated carbocycles. The molecule has 0 radical (unpaired) electrons. The minimum Gasteiger partial charge on any atom is -0.497 e. The second-order valence-corrected chi connectivity index (χ2v) is 3.95. The maximum Gasteiger partial charge on any atom is 0.146 e. The lowest BCUT2D eigenvalue weighted by molar-refractivity contribution is 0.0182. The molecule has 1 aromatic carbocycles. The van der Waals surface area contributed by atoms with Crippen LogP contribution in [0.1, 0.15) is 0 Å². The third-order valence-corrected chi connectivity index (χ3v) is 2.44. The van der Waals surface area contributed by atoms with Gasteiger partial charge in [0.15, 0.2) is 0 Å². The summed E-state index contributed by atoms with van der Waals surface area (Å²) in [5.41, 5.74) is 0.287. The molecule has 19 heavy (non-hydrogen) atoms. The highest BCUT2D eigenvalue weighted by Gasteiger charge is 2.07. The number of halogens is 1. The van der Waals surface area contributed by atoms with Crippen LogP contribution in [0.4, 0.5) is 10.1 Å². The van der Waals surface area contributed by atoms with Gasteiger partial charge in [-0.1, -0.05) is 0 Å². The van der Waals surface area contributed by atoms with Crippen LogP contribution in [-0.4, -0.2) is 51.8 Å². The molecule has 1 aromatic rings. The third-order valence-electron chi connectivity index (χ3n) is 2.44. The van der Waals surface area contributed by atoms with Crippen molar-refractivity contribution in [2.75, 3.05) is 45.9 Å². The standard InChI is InChI=1S/C13H20FNO4/c1-17-5-6-19-9-10(16)8-15-13-7-11(18-2)3-4-12(13)14/h3-4,7,10,15-16H,5-6,8-9H2,1-2H3. The molecule has 108 valence electrons.